The van der Waals surface area contributed by atoms with Crippen molar-refractivity contribution in [2.45, 2.75) is 58.0 Å². The van der Waals surface area contributed by atoms with Crippen molar-refractivity contribution in [1.82, 2.24) is 4.90 Å². The van der Waals surface area contributed by atoms with E-state index in [2.05, 4.69) is 6.92 Å². The fourth-order valence-corrected chi connectivity index (χ4v) is 2.19. The molecule has 14 heavy (non-hydrogen) atoms. The second-order valence-corrected chi connectivity index (χ2v) is 4.26. The molecule has 1 saturated heterocycles. The van der Waals surface area contributed by atoms with E-state index in [0.29, 0.717) is 6.04 Å². The fourth-order valence-electron chi connectivity index (χ4n) is 2.19. The molecule has 0 aliphatic carbocycles. The van der Waals surface area contributed by atoms with Gasteiger partial charge in [0, 0.05) is 12.6 Å². The number of hydrogen-bond donors (Lipinski definition) is 1. The van der Waals surface area contributed by atoms with E-state index in [-0.39, 0.29) is 11.9 Å². The summed E-state index contributed by atoms with van der Waals surface area (Å²) in [4.78, 5) is 13.8. The molecule has 1 heterocycles. The highest BCUT2D eigenvalue weighted by Gasteiger charge is 2.27. The van der Waals surface area contributed by atoms with Gasteiger partial charge in [0.25, 0.3) is 0 Å². The van der Waals surface area contributed by atoms with E-state index < -0.39 is 0 Å². The summed E-state index contributed by atoms with van der Waals surface area (Å²) in [7, 11) is 0. The first-order valence-electron chi connectivity index (χ1n) is 5.73. The molecule has 0 radical (unpaired) electrons. The summed E-state index contributed by atoms with van der Waals surface area (Å²) < 4.78 is 0. The van der Waals surface area contributed by atoms with E-state index in [1.165, 1.54) is 6.42 Å². The Morgan fingerprint density at radius 1 is 1.57 bits per heavy atom. The molecule has 3 heteroatoms. The zero-order chi connectivity index (χ0) is 10.6. The minimum Gasteiger partial charge on any atom is -0.338 e. The van der Waals surface area contributed by atoms with Gasteiger partial charge in [0.2, 0.25) is 5.91 Å². The zero-order valence-electron chi connectivity index (χ0n) is 9.33. The SMILES string of the molecule is CCCC1CCCCN1C(=O)[C@@H](C)N. The van der Waals surface area contributed by atoms with Crippen molar-refractivity contribution in [3.05, 3.63) is 0 Å². The van der Waals surface area contributed by atoms with Crippen LogP contribution in [0.4, 0.5) is 0 Å². The molecular formula is C11H22N2O. The van der Waals surface area contributed by atoms with E-state index >= 15 is 0 Å². The molecule has 1 unspecified atom stereocenters. The molecule has 0 bridgehead atoms. The van der Waals surface area contributed by atoms with Crippen LogP contribution in [0.25, 0.3) is 0 Å². The number of likely N-dealkylation sites (tertiary alicyclic amines) is 1. The normalized spacial score (nSPS) is 24.8. The summed E-state index contributed by atoms with van der Waals surface area (Å²) in [5.41, 5.74) is 5.63. The Morgan fingerprint density at radius 3 is 2.86 bits per heavy atom. The van der Waals surface area contributed by atoms with Crippen molar-refractivity contribution in [1.29, 1.82) is 0 Å². The Bertz CT molecular complexity index is 190. The van der Waals surface area contributed by atoms with Gasteiger partial charge in [-0.05, 0) is 32.6 Å². The van der Waals surface area contributed by atoms with Gasteiger partial charge < -0.3 is 10.6 Å². The third-order valence-electron chi connectivity index (χ3n) is 2.92. The van der Waals surface area contributed by atoms with E-state index in [0.717, 1.165) is 32.2 Å². The molecule has 1 aliphatic rings. The first-order chi connectivity index (χ1) is 6.66. The highest BCUT2D eigenvalue weighted by Crippen LogP contribution is 2.21. The van der Waals surface area contributed by atoms with E-state index in [1.54, 1.807) is 6.92 Å². The molecule has 1 amide bonds. The van der Waals surface area contributed by atoms with Crippen LogP contribution in [-0.4, -0.2) is 29.4 Å². The molecule has 0 saturated carbocycles. The van der Waals surface area contributed by atoms with Crippen LogP contribution in [0.1, 0.15) is 46.0 Å². The van der Waals surface area contributed by atoms with E-state index in [4.69, 9.17) is 5.73 Å². The number of piperidine rings is 1. The maximum absolute atomic E-state index is 11.8. The Labute approximate surface area is 86.6 Å². The van der Waals surface area contributed by atoms with Crippen LogP contribution in [0.5, 0.6) is 0 Å². The molecule has 82 valence electrons. The van der Waals surface area contributed by atoms with Crippen molar-refractivity contribution < 1.29 is 4.79 Å². The highest BCUT2D eigenvalue weighted by molar-refractivity contribution is 5.81. The van der Waals surface area contributed by atoms with Crippen LogP contribution in [0, 0.1) is 0 Å². The largest absolute Gasteiger partial charge is 0.338 e. The number of carbonyl (C=O) groups excluding carboxylic acids is 1. The van der Waals surface area contributed by atoms with E-state index in [1.807, 2.05) is 4.90 Å². The van der Waals surface area contributed by atoms with Crippen LogP contribution < -0.4 is 5.73 Å². The summed E-state index contributed by atoms with van der Waals surface area (Å²) in [6, 6.07) is 0.111. The first kappa shape index (κ1) is 11.5. The fraction of sp³-hybridized carbons (Fsp3) is 0.909. The first-order valence-corrected chi connectivity index (χ1v) is 5.73. The Morgan fingerprint density at radius 2 is 2.29 bits per heavy atom. The number of rotatable bonds is 3. The number of amides is 1. The minimum atomic E-state index is -0.340. The lowest BCUT2D eigenvalue weighted by atomic mass is 9.97. The van der Waals surface area contributed by atoms with Gasteiger partial charge >= 0.3 is 0 Å². The lowest BCUT2D eigenvalue weighted by Crippen LogP contribution is -2.49. The van der Waals surface area contributed by atoms with Crippen LogP contribution in [0.3, 0.4) is 0 Å². The molecule has 1 fully saturated rings. The standard InChI is InChI=1S/C11H22N2O/c1-3-6-10-7-4-5-8-13(10)11(14)9(2)12/h9-10H,3-8,12H2,1-2H3/t9-,10?/m1/s1. The minimum absolute atomic E-state index is 0.128. The number of nitrogens with zero attached hydrogens (tertiary/aromatic N) is 1. The van der Waals surface area contributed by atoms with Gasteiger partial charge in [-0.2, -0.15) is 0 Å². The Hall–Kier alpha value is -0.570. The van der Waals surface area contributed by atoms with Crippen LogP contribution in [-0.2, 0) is 4.79 Å². The number of hydrogen-bond acceptors (Lipinski definition) is 2. The van der Waals surface area contributed by atoms with Crippen molar-refractivity contribution in [2.24, 2.45) is 5.73 Å². The second-order valence-electron chi connectivity index (χ2n) is 4.26. The van der Waals surface area contributed by atoms with Gasteiger partial charge in [0.15, 0.2) is 0 Å². The zero-order valence-corrected chi connectivity index (χ0v) is 9.33. The lowest BCUT2D eigenvalue weighted by Gasteiger charge is -2.36. The molecule has 0 aromatic rings. The predicted octanol–water partition coefficient (Wildman–Crippen LogP) is 1.51. The lowest BCUT2D eigenvalue weighted by molar-refractivity contribution is -0.136. The van der Waals surface area contributed by atoms with Crippen molar-refractivity contribution >= 4 is 5.91 Å². The summed E-state index contributed by atoms with van der Waals surface area (Å²) in [5.74, 6) is 0.128. The van der Waals surface area contributed by atoms with Gasteiger partial charge in [-0.25, -0.2) is 0 Å². The number of carbonyl (C=O) groups is 1. The van der Waals surface area contributed by atoms with Gasteiger partial charge in [-0.3, -0.25) is 4.79 Å². The molecule has 1 aliphatic heterocycles. The van der Waals surface area contributed by atoms with Gasteiger partial charge in [-0.15, -0.1) is 0 Å². The van der Waals surface area contributed by atoms with Crippen LogP contribution in [0.2, 0.25) is 0 Å². The third kappa shape index (κ3) is 2.71. The summed E-state index contributed by atoms with van der Waals surface area (Å²) >= 11 is 0. The Balaban J connectivity index is 2.57. The number of nitrogens with two attached hydrogens (primary N) is 1. The molecule has 1 rings (SSSR count). The highest BCUT2D eigenvalue weighted by atomic mass is 16.2. The van der Waals surface area contributed by atoms with Crippen LogP contribution >= 0.6 is 0 Å². The molecule has 3 nitrogen and oxygen atoms in total. The average molecular weight is 198 g/mol. The molecule has 0 aromatic carbocycles. The second kappa shape index (κ2) is 5.35. The van der Waals surface area contributed by atoms with Gasteiger partial charge in [-0.1, -0.05) is 13.3 Å². The average Bonchev–Trinajstić information content (AvgIpc) is 2.18. The van der Waals surface area contributed by atoms with Gasteiger partial charge in [0.1, 0.15) is 0 Å². The van der Waals surface area contributed by atoms with Crippen molar-refractivity contribution in [2.75, 3.05) is 6.54 Å². The summed E-state index contributed by atoms with van der Waals surface area (Å²) in [6.07, 6.45) is 5.82. The quantitative estimate of drug-likeness (QED) is 0.747. The van der Waals surface area contributed by atoms with Crippen molar-refractivity contribution in [3.8, 4) is 0 Å². The third-order valence-corrected chi connectivity index (χ3v) is 2.92. The molecule has 2 N–H and O–H groups in total. The molecule has 0 aromatic heterocycles. The Kier molecular flexibility index (Phi) is 4.39. The molecule has 0 spiro atoms. The monoisotopic (exact) mass is 198 g/mol. The van der Waals surface area contributed by atoms with E-state index in [9.17, 15) is 4.79 Å². The topological polar surface area (TPSA) is 46.3 Å². The molecule has 2 atom stereocenters. The smallest absolute Gasteiger partial charge is 0.239 e. The van der Waals surface area contributed by atoms with Crippen LogP contribution in [0.15, 0.2) is 0 Å². The molecular weight excluding hydrogens is 176 g/mol. The van der Waals surface area contributed by atoms with Gasteiger partial charge in [0.05, 0.1) is 6.04 Å². The summed E-state index contributed by atoms with van der Waals surface area (Å²) in [5, 5.41) is 0. The predicted molar refractivity (Wildman–Crippen MR) is 57.9 cm³/mol. The van der Waals surface area contributed by atoms with Crippen molar-refractivity contribution in [3.63, 3.8) is 0 Å². The maximum atomic E-state index is 11.8. The summed E-state index contributed by atoms with van der Waals surface area (Å²) in [6.45, 7) is 4.86. The maximum Gasteiger partial charge on any atom is 0.239 e.